The lowest BCUT2D eigenvalue weighted by atomic mass is 10.1. The van der Waals surface area contributed by atoms with Gasteiger partial charge in [0.2, 0.25) is 0 Å². The molecule has 1 unspecified atom stereocenters. The van der Waals surface area contributed by atoms with Gasteiger partial charge >= 0.3 is 0 Å². The third-order valence-electron chi connectivity index (χ3n) is 2.21. The first-order chi connectivity index (χ1) is 8.09. The molecule has 0 amide bonds. The number of fused-ring (bicyclic) bond motifs is 1. The van der Waals surface area contributed by atoms with Crippen LogP contribution in [0.3, 0.4) is 0 Å². The molecule has 0 aliphatic rings. The van der Waals surface area contributed by atoms with E-state index < -0.39 is 16.3 Å². The summed E-state index contributed by atoms with van der Waals surface area (Å²) in [5, 5.41) is 11.5. The molecule has 1 atom stereocenters. The largest absolute Gasteiger partial charge is 0.740 e. The van der Waals surface area contributed by atoms with Crippen molar-refractivity contribution in [2.24, 2.45) is 0 Å². The van der Waals surface area contributed by atoms with Gasteiger partial charge in [-0.05, 0) is 12.1 Å². The standard InChI is InChI=1S/C10H7NO5S/c12-11(13)9-5-1-4-8-7(9)3-2-6-10(8)16-17(14)15/h1-6H,(H,14,15)/p-1. The lowest BCUT2D eigenvalue weighted by Gasteiger charge is -2.09. The van der Waals surface area contributed by atoms with Crippen LogP contribution in [-0.2, 0) is 11.4 Å². The first kappa shape index (κ1) is 11.5. The van der Waals surface area contributed by atoms with E-state index in [1.807, 2.05) is 0 Å². The van der Waals surface area contributed by atoms with E-state index in [0.29, 0.717) is 10.8 Å². The number of hydrogen-bond donors (Lipinski definition) is 0. The molecule has 0 saturated heterocycles. The summed E-state index contributed by atoms with van der Waals surface area (Å²) in [5.41, 5.74) is -0.0929. The van der Waals surface area contributed by atoms with Gasteiger partial charge in [0.25, 0.3) is 5.69 Å². The number of non-ortho nitro benzene ring substituents is 1. The van der Waals surface area contributed by atoms with Crippen LogP contribution in [0.4, 0.5) is 5.69 Å². The van der Waals surface area contributed by atoms with Crippen LogP contribution in [0.1, 0.15) is 0 Å². The van der Waals surface area contributed by atoms with Crippen molar-refractivity contribution in [3.8, 4) is 5.75 Å². The van der Waals surface area contributed by atoms with Gasteiger partial charge in [0.15, 0.2) is 0 Å². The molecule has 0 aliphatic heterocycles. The first-order valence-electron chi connectivity index (χ1n) is 4.53. The summed E-state index contributed by atoms with van der Waals surface area (Å²) in [5.74, 6) is 0.0690. The van der Waals surface area contributed by atoms with Crippen LogP contribution < -0.4 is 4.18 Å². The molecule has 17 heavy (non-hydrogen) atoms. The van der Waals surface area contributed by atoms with E-state index in [2.05, 4.69) is 4.18 Å². The van der Waals surface area contributed by atoms with Crippen LogP contribution >= 0.6 is 0 Å². The van der Waals surface area contributed by atoms with E-state index >= 15 is 0 Å². The Morgan fingerprint density at radius 3 is 2.41 bits per heavy atom. The zero-order chi connectivity index (χ0) is 12.4. The second-order valence-electron chi connectivity index (χ2n) is 3.17. The molecule has 0 aliphatic carbocycles. The maximum absolute atomic E-state index is 10.8. The Labute approximate surface area is 98.5 Å². The minimum Gasteiger partial charge on any atom is -0.740 e. The molecule has 88 valence electrons. The van der Waals surface area contributed by atoms with Crippen molar-refractivity contribution < 1.29 is 17.9 Å². The third kappa shape index (κ3) is 2.24. The molecule has 0 spiro atoms. The van der Waals surface area contributed by atoms with E-state index in [-0.39, 0.29) is 11.4 Å². The molecule has 6 nitrogen and oxygen atoms in total. The van der Waals surface area contributed by atoms with Crippen LogP contribution in [0.25, 0.3) is 10.8 Å². The summed E-state index contributed by atoms with van der Waals surface area (Å²) in [6.45, 7) is 0. The van der Waals surface area contributed by atoms with Gasteiger partial charge in [0.1, 0.15) is 17.1 Å². The maximum Gasteiger partial charge on any atom is 0.277 e. The van der Waals surface area contributed by atoms with E-state index in [1.165, 1.54) is 30.3 Å². The number of hydrogen-bond acceptors (Lipinski definition) is 5. The quantitative estimate of drug-likeness (QED) is 0.472. The van der Waals surface area contributed by atoms with Gasteiger partial charge < -0.3 is 8.74 Å². The Morgan fingerprint density at radius 2 is 1.76 bits per heavy atom. The molecule has 0 bridgehead atoms. The van der Waals surface area contributed by atoms with Crippen LogP contribution in [0.15, 0.2) is 36.4 Å². The smallest absolute Gasteiger partial charge is 0.277 e. The normalized spacial score (nSPS) is 12.3. The zero-order valence-corrected chi connectivity index (χ0v) is 9.18. The zero-order valence-electron chi connectivity index (χ0n) is 8.36. The van der Waals surface area contributed by atoms with Crippen LogP contribution in [0.2, 0.25) is 0 Å². The Balaban J connectivity index is 2.69. The van der Waals surface area contributed by atoms with Crippen molar-refractivity contribution in [1.82, 2.24) is 0 Å². The van der Waals surface area contributed by atoms with E-state index in [1.54, 1.807) is 6.07 Å². The van der Waals surface area contributed by atoms with Crippen LogP contribution in [-0.4, -0.2) is 13.7 Å². The predicted octanol–water partition coefficient (Wildman–Crippen LogP) is 1.92. The van der Waals surface area contributed by atoms with Crippen molar-refractivity contribution in [2.75, 3.05) is 0 Å². The number of benzene rings is 2. The second-order valence-corrected chi connectivity index (χ2v) is 3.75. The highest BCUT2D eigenvalue weighted by molar-refractivity contribution is 7.74. The summed E-state index contributed by atoms with van der Waals surface area (Å²) in [7, 11) is 0. The average molecular weight is 252 g/mol. The molecule has 0 fully saturated rings. The highest BCUT2D eigenvalue weighted by atomic mass is 32.2. The fourth-order valence-electron chi connectivity index (χ4n) is 1.57. The van der Waals surface area contributed by atoms with Crippen molar-refractivity contribution in [2.45, 2.75) is 0 Å². The summed E-state index contributed by atoms with van der Waals surface area (Å²) in [6, 6.07) is 8.85. The number of nitro benzene ring substituents is 1. The van der Waals surface area contributed by atoms with Gasteiger partial charge in [-0.3, -0.25) is 10.1 Å². The Hall–Kier alpha value is -1.99. The molecule has 0 N–H and O–H groups in total. The molecule has 0 radical (unpaired) electrons. The molecular weight excluding hydrogens is 246 g/mol. The highest BCUT2D eigenvalue weighted by Crippen LogP contribution is 2.31. The van der Waals surface area contributed by atoms with Crippen molar-refractivity contribution in [1.29, 1.82) is 0 Å². The first-order valence-corrected chi connectivity index (χ1v) is 5.53. The highest BCUT2D eigenvalue weighted by Gasteiger charge is 2.13. The lowest BCUT2D eigenvalue weighted by Crippen LogP contribution is -1.98. The molecule has 0 heterocycles. The number of nitrogens with zero attached hydrogens (tertiary/aromatic N) is 1. The van der Waals surface area contributed by atoms with Gasteiger partial charge in [0.05, 0.1) is 10.3 Å². The van der Waals surface area contributed by atoms with Gasteiger partial charge in [-0.1, -0.05) is 18.2 Å². The molecule has 0 saturated carbocycles. The molecule has 7 heteroatoms. The van der Waals surface area contributed by atoms with Crippen molar-refractivity contribution >= 4 is 27.8 Å². The molecule has 2 aromatic rings. The monoisotopic (exact) mass is 252 g/mol. The number of nitro groups is 1. The van der Waals surface area contributed by atoms with Gasteiger partial charge in [0, 0.05) is 11.5 Å². The molecule has 2 rings (SSSR count). The fourth-order valence-corrected chi connectivity index (χ4v) is 1.86. The molecular formula is C10H6NO5S-. The van der Waals surface area contributed by atoms with Gasteiger partial charge in [-0.2, -0.15) is 0 Å². The Morgan fingerprint density at radius 1 is 1.12 bits per heavy atom. The Kier molecular flexibility index (Phi) is 3.03. The van der Waals surface area contributed by atoms with Crippen molar-refractivity contribution in [3.63, 3.8) is 0 Å². The maximum atomic E-state index is 10.8. The lowest BCUT2D eigenvalue weighted by molar-refractivity contribution is -0.383. The van der Waals surface area contributed by atoms with Crippen molar-refractivity contribution in [3.05, 3.63) is 46.5 Å². The summed E-state index contributed by atoms with van der Waals surface area (Å²) >= 11 is -2.71. The second kappa shape index (κ2) is 4.48. The van der Waals surface area contributed by atoms with E-state index in [9.17, 15) is 18.9 Å². The Bertz CT molecular complexity index is 613. The van der Waals surface area contributed by atoms with Gasteiger partial charge in [-0.15, -0.1) is 0 Å². The SMILES string of the molecule is O=[N+]([O-])c1cccc2c(OS(=O)[O-])cccc12. The van der Waals surface area contributed by atoms with E-state index in [0.717, 1.165) is 0 Å². The third-order valence-corrected chi connectivity index (χ3v) is 2.53. The summed E-state index contributed by atoms with van der Waals surface area (Å²) in [6.07, 6.45) is 0. The van der Waals surface area contributed by atoms with Crippen LogP contribution in [0.5, 0.6) is 5.75 Å². The molecule has 0 aromatic heterocycles. The topological polar surface area (TPSA) is 92.5 Å². The molecule has 2 aromatic carbocycles. The minimum atomic E-state index is -2.71. The van der Waals surface area contributed by atoms with Gasteiger partial charge in [-0.25, -0.2) is 4.21 Å². The average Bonchev–Trinajstić information content (AvgIpc) is 2.28. The van der Waals surface area contributed by atoms with E-state index in [4.69, 9.17) is 0 Å². The predicted molar refractivity (Wildman–Crippen MR) is 60.2 cm³/mol. The van der Waals surface area contributed by atoms with Crippen LogP contribution in [0, 0.1) is 10.1 Å². The number of rotatable bonds is 3. The minimum absolute atomic E-state index is 0.0690. The summed E-state index contributed by atoms with van der Waals surface area (Å²) < 4.78 is 25.5. The fraction of sp³-hybridized carbons (Fsp3) is 0. The summed E-state index contributed by atoms with van der Waals surface area (Å²) in [4.78, 5) is 10.3.